The van der Waals surface area contributed by atoms with Gasteiger partial charge in [0.15, 0.2) is 9.84 Å². The number of piperazine rings is 1. The number of urea groups is 1. The average Bonchev–Trinajstić information content (AvgIpc) is 2.76. The van der Waals surface area contributed by atoms with Crippen molar-refractivity contribution in [3.05, 3.63) is 0 Å². The first-order valence-electron chi connectivity index (χ1n) is 7.03. The second kappa shape index (κ2) is 6.61. The Morgan fingerprint density at radius 1 is 1.19 bits per heavy atom. The predicted molar refractivity (Wildman–Crippen MR) is 75.8 cm³/mol. The molecule has 1 unspecified atom stereocenters. The summed E-state index contributed by atoms with van der Waals surface area (Å²) in [5.41, 5.74) is 0. The van der Waals surface area contributed by atoms with E-state index >= 15 is 0 Å². The Kier molecular flexibility index (Phi) is 5.04. The lowest BCUT2D eigenvalue weighted by Crippen LogP contribution is -2.53. The second-order valence-electron chi connectivity index (χ2n) is 5.61. The molecule has 0 aliphatic carbocycles. The number of hydrogen-bond acceptors (Lipinski definition) is 5. The fraction of sp³-hybridized carbons (Fsp3) is 0.833. The van der Waals surface area contributed by atoms with Crippen LogP contribution in [0.4, 0.5) is 4.79 Å². The second-order valence-corrected chi connectivity index (χ2v) is 7.84. The standard InChI is InChI=1S/C12H21N3O5S/c16-11(17)8-14-2-4-15(5-3-14)12(18)13-7-10-1-6-21(19,20)9-10/h10H,1-9H2,(H,13,18)(H,16,17). The Morgan fingerprint density at radius 3 is 2.38 bits per heavy atom. The van der Waals surface area contributed by atoms with Crippen LogP contribution in [0.3, 0.4) is 0 Å². The van der Waals surface area contributed by atoms with Gasteiger partial charge in [-0.25, -0.2) is 13.2 Å². The number of nitrogens with zero attached hydrogens (tertiary/aromatic N) is 2. The average molecular weight is 319 g/mol. The maximum absolute atomic E-state index is 12.0. The van der Waals surface area contributed by atoms with Gasteiger partial charge in [0.25, 0.3) is 0 Å². The molecule has 1 atom stereocenters. The molecular formula is C12H21N3O5S. The Labute approximate surface area is 124 Å². The highest BCUT2D eigenvalue weighted by molar-refractivity contribution is 7.91. The third-order valence-corrected chi connectivity index (χ3v) is 5.72. The number of carbonyl (C=O) groups excluding carboxylic acids is 1. The number of hydrogen-bond donors (Lipinski definition) is 2. The van der Waals surface area contributed by atoms with Gasteiger partial charge in [-0.05, 0) is 12.3 Å². The van der Waals surface area contributed by atoms with E-state index in [-0.39, 0.29) is 30.0 Å². The first-order valence-corrected chi connectivity index (χ1v) is 8.85. The van der Waals surface area contributed by atoms with Gasteiger partial charge in [-0.1, -0.05) is 0 Å². The first-order chi connectivity index (χ1) is 9.85. The normalized spacial score (nSPS) is 25.7. The Morgan fingerprint density at radius 2 is 1.86 bits per heavy atom. The molecule has 0 saturated carbocycles. The zero-order valence-corrected chi connectivity index (χ0v) is 12.6. The van der Waals surface area contributed by atoms with Gasteiger partial charge in [-0.15, -0.1) is 0 Å². The minimum absolute atomic E-state index is 0.00457. The van der Waals surface area contributed by atoms with Crippen LogP contribution in [0.1, 0.15) is 6.42 Å². The molecule has 120 valence electrons. The molecule has 0 spiro atoms. The van der Waals surface area contributed by atoms with E-state index in [0.29, 0.717) is 39.1 Å². The quantitative estimate of drug-likeness (QED) is 0.676. The fourth-order valence-electron chi connectivity index (χ4n) is 2.68. The van der Waals surface area contributed by atoms with Crippen LogP contribution in [0.2, 0.25) is 0 Å². The third-order valence-electron chi connectivity index (χ3n) is 3.89. The largest absolute Gasteiger partial charge is 0.480 e. The SMILES string of the molecule is O=C(O)CN1CCN(C(=O)NCC2CCS(=O)(=O)C2)CC1. The van der Waals surface area contributed by atoms with Gasteiger partial charge in [-0.2, -0.15) is 0 Å². The predicted octanol–water partition coefficient (Wildman–Crippen LogP) is -1.17. The summed E-state index contributed by atoms with van der Waals surface area (Å²) in [5.74, 6) is -0.497. The van der Waals surface area contributed by atoms with Crippen LogP contribution in [0.5, 0.6) is 0 Å². The lowest BCUT2D eigenvalue weighted by Gasteiger charge is -2.33. The van der Waals surface area contributed by atoms with Crippen LogP contribution in [0.25, 0.3) is 0 Å². The Balaban J connectivity index is 1.69. The molecule has 0 aromatic heterocycles. The van der Waals surface area contributed by atoms with E-state index in [2.05, 4.69) is 5.32 Å². The number of nitrogens with one attached hydrogen (secondary N) is 1. The van der Waals surface area contributed by atoms with E-state index in [1.54, 1.807) is 9.80 Å². The molecule has 2 aliphatic heterocycles. The van der Waals surface area contributed by atoms with Crippen molar-refractivity contribution in [2.24, 2.45) is 5.92 Å². The van der Waals surface area contributed by atoms with Crippen LogP contribution in [-0.4, -0.2) is 86.1 Å². The summed E-state index contributed by atoms with van der Waals surface area (Å²) in [6, 6.07) is -0.200. The van der Waals surface area contributed by atoms with E-state index in [0.717, 1.165) is 0 Å². The number of carbonyl (C=O) groups is 2. The van der Waals surface area contributed by atoms with E-state index < -0.39 is 15.8 Å². The van der Waals surface area contributed by atoms with Crippen molar-refractivity contribution in [2.75, 3.05) is 50.8 Å². The molecule has 2 aliphatic rings. The zero-order valence-electron chi connectivity index (χ0n) is 11.8. The summed E-state index contributed by atoms with van der Waals surface area (Å²) >= 11 is 0. The van der Waals surface area contributed by atoms with Crippen molar-refractivity contribution < 1.29 is 23.1 Å². The molecule has 2 amide bonds. The molecule has 0 aromatic carbocycles. The highest BCUT2D eigenvalue weighted by Gasteiger charge is 2.29. The van der Waals surface area contributed by atoms with Gasteiger partial charge in [0.2, 0.25) is 0 Å². The maximum atomic E-state index is 12.0. The van der Waals surface area contributed by atoms with Gasteiger partial charge < -0.3 is 15.3 Å². The lowest BCUT2D eigenvalue weighted by atomic mass is 10.1. The summed E-state index contributed by atoms with van der Waals surface area (Å²) < 4.78 is 22.7. The van der Waals surface area contributed by atoms with E-state index in [1.807, 2.05) is 0 Å². The summed E-state index contributed by atoms with van der Waals surface area (Å²) in [5, 5.41) is 11.5. The number of rotatable bonds is 4. The molecule has 2 fully saturated rings. The minimum Gasteiger partial charge on any atom is -0.480 e. The minimum atomic E-state index is -2.91. The summed E-state index contributed by atoms with van der Waals surface area (Å²) in [4.78, 5) is 26.0. The molecule has 21 heavy (non-hydrogen) atoms. The molecule has 8 nitrogen and oxygen atoms in total. The lowest BCUT2D eigenvalue weighted by molar-refractivity contribution is -0.138. The van der Waals surface area contributed by atoms with Crippen LogP contribution in [-0.2, 0) is 14.6 Å². The smallest absolute Gasteiger partial charge is 0.317 e. The number of carboxylic acid groups (broad SMARTS) is 1. The summed E-state index contributed by atoms with van der Waals surface area (Å²) in [6.45, 7) is 2.43. The molecule has 9 heteroatoms. The molecule has 0 aromatic rings. The van der Waals surface area contributed by atoms with Crippen LogP contribution >= 0.6 is 0 Å². The Hall–Kier alpha value is -1.35. The molecule has 2 saturated heterocycles. The highest BCUT2D eigenvalue weighted by atomic mass is 32.2. The van der Waals surface area contributed by atoms with Gasteiger partial charge >= 0.3 is 12.0 Å². The van der Waals surface area contributed by atoms with Gasteiger partial charge in [-0.3, -0.25) is 9.69 Å². The zero-order chi connectivity index (χ0) is 15.5. The molecule has 2 N–H and O–H groups in total. The highest BCUT2D eigenvalue weighted by Crippen LogP contribution is 2.17. The van der Waals surface area contributed by atoms with E-state index in [4.69, 9.17) is 5.11 Å². The van der Waals surface area contributed by atoms with Crippen molar-refractivity contribution in [1.29, 1.82) is 0 Å². The molecule has 2 heterocycles. The molecule has 0 radical (unpaired) electrons. The van der Waals surface area contributed by atoms with Gasteiger partial charge in [0, 0.05) is 32.7 Å². The topological polar surface area (TPSA) is 107 Å². The number of amides is 2. The van der Waals surface area contributed by atoms with Gasteiger partial charge in [0.05, 0.1) is 18.1 Å². The van der Waals surface area contributed by atoms with Crippen molar-refractivity contribution in [1.82, 2.24) is 15.1 Å². The summed E-state index contributed by atoms with van der Waals surface area (Å²) in [7, 11) is -2.91. The van der Waals surface area contributed by atoms with Crippen LogP contribution in [0.15, 0.2) is 0 Å². The molecule has 0 bridgehead atoms. The number of aliphatic carboxylic acids is 1. The van der Waals surface area contributed by atoms with Crippen molar-refractivity contribution >= 4 is 21.8 Å². The molecular weight excluding hydrogens is 298 g/mol. The maximum Gasteiger partial charge on any atom is 0.317 e. The Bertz CT molecular complexity index is 499. The van der Waals surface area contributed by atoms with E-state index in [1.165, 1.54) is 0 Å². The van der Waals surface area contributed by atoms with Gasteiger partial charge in [0.1, 0.15) is 0 Å². The van der Waals surface area contributed by atoms with Crippen LogP contribution in [0, 0.1) is 5.92 Å². The monoisotopic (exact) mass is 319 g/mol. The van der Waals surface area contributed by atoms with Crippen molar-refractivity contribution in [2.45, 2.75) is 6.42 Å². The summed E-state index contributed by atoms with van der Waals surface area (Å²) in [6.07, 6.45) is 0.606. The fourth-order valence-corrected chi connectivity index (χ4v) is 4.54. The van der Waals surface area contributed by atoms with Crippen LogP contribution < -0.4 is 5.32 Å². The molecule has 2 rings (SSSR count). The van der Waals surface area contributed by atoms with E-state index in [9.17, 15) is 18.0 Å². The first kappa shape index (κ1) is 16.0. The number of carboxylic acids is 1. The number of sulfone groups is 1. The van der Waals surface area contributed by atoms with Crippen molar-refractivity contribution in [3.8, 4) is 0 Å². The third kappa shape index (κ3) is 4.85. The van der Waals surface area contributed by atoms with Crippen molar-refractivity contribution in [3.63, 3.8) is 0 Å².